The number of Topliss-reactive ketones (excluding diaryl/α,β-unsaturated/α-hetero) is 1. The monoisotopic (exact) mass is 589 g/mol. The van der Waals surface area contributed by atoms with E-state index in [1.54, 1.807) is 32.9 Å². The van der Waals surface area contributed by atoms with E-state index in [4.69, 9.17) is 10.5 Å². The van der Waals surface area contributed by atoms with E-state index >= 15 is 0 Å². The van der Waals surface area contributed by atoms with Gasteiger partial charge in [0.2, 0.25) is 5.91 Å². The van der Waals surface area contributed by atoms with E-state index in [9.17, 15) is 33.1 Å². The van der Waals surface area contributed by atoms with Gasteiger partial charge in [0.1, 0.15) is 11.4 Å². The molecule has 2 aromatic rings. The van der Waals surface area contributed by atoms with Gasteiger partial charge in [0.15, 0.2) is 17.4 Å². The molecule has 13 heteroatoms. The number of aromatic hydroxyl groups is 1. The average molecular weight is 590 g/mol. The molecule has 1 heterocycles. The fourth-order valence-electron chi connectivity index (χ4n) is 4.59. The van der Waals surface area contributed by atoms with Gasteiger partial charge in [-0.2, -0.15) is 0 Å². The maximum atomic E-state index is 13.9. The van der Waals surface area contributed by atoms with Crippen LogP contribution in [0.4, 0.5) is 25.0 Å². The Morgan fingerprint density at radius 3 is 2.31 bits per heavy atom. The Hall–Kier alpha value is -4.10. The van der Waals surface area contributed by atoms with E-state index in [0.29, 0.717) is 50.3 Å². The first kappa shape index (κ1) is 32.4. The molecule has 1 unspecified atom stereocenters. The molecule has 0 bridgehead atoms. The molecule has 1 aliphatic heterocycles. The molecule has 3 rings (SSSR count). The molecule has 1 aliphatic rings. The van der Waals surface area contributed by atoms with E-state index in [1.165, 1.54) is 13.0 Å². The number of halogens is 2. The molecular weight excluding hydrogens is 552 g/mol. The second kappa shape index (κ2) is 13.7. The van der Waals surface area contributed by atoms with Crippen LogP contribution in [-0.4, -0.2) is 65.0 Å². The molecule has 0 aliphatic carbocycles. The van der Waals surface area contributed by atoms with E-state index < -0.39 is 47.6 Å². The number of carbonyl (C=O) groups excluding carboxylic acids is 4. The Kier molecular flexibility index (Phi) is 10.6. The summed E-state index contributed by atoms with van der Waals surface area (Å²) in [5, 5.41) is 17.1. The van der Waals surface area contributed by atoms with Crippen LogP contribution >= 0.6 is 0 Å². The van der Waals surface area contributed by atoms with Crippen molar-refractivity contribution in [2.45, 2.75) is 58.7 Å². The highest BCUT2D eigenvalue weighted by Crippen LogP contribution is 2.27. The van der Waals surface area contributed by atoms with Gasteiger partial charge in [0.25, 0.3) is 5.91 Å². The van der Waals surface area contributed by atoms with Crippen LogP contribution in [0.15, 0.2) is 30.3 Å². The number of benzene rings is 2. The van der Waals surface area contributed by atoms with Gasteiger partial charge in [-0.25, -0.2) is 13.6 Å². The molecule has 6 N–H and O–H groups in total. The van der Waals surface area contributed by atoms with E-state index in [0.717, 1.165) is 5.56 Å². The Balaban J connectivity index is 1.54. The predicted molar refractivity (Wildman–Crippen MR) is 152 cm³/mol. The molecular formula is C29H37F2N5O6. The zero-order chi connectivity index (χ0) is 31.2. The van der Waals surface area contributed by atoms with Gasteiger partial charge < -0.3 is 26.2 Å². The van der Waals surface area contributed by atoms with Crippen molar-refractivity contribution in [2.24, 2.45) is 11.7 Å². The summed E-state index contributed by atoms with van der Waals surface area (Å²) < 4.78 is 32.9. The molecule has 0 radical (unpaired) electrons. The summed E-state index contributed by atoms with van der Waals surface area (Å²) in [6.07, 6.45) is 0.292. The number of phenols is 1. The number of nitrogens with two attached hydrogens (primary N) is 1. The standard InChI is InChI=1S/C29H37F2N5O6/c1-16(37)34-23-11-17(5-6-24(23)38)15-36-9-7-18(8-10-36)26(32)25(39)14-33-27(40)19-12-20(30)21(31)13-22(19)35-28(41)42-29(2,3)4/h5-6,11-13,18,26,38H,7-10,14-15,32H2,1-4H3,(H,33,40)(H,34,37)(H,35,41). The fraction of sp³-hybridized carbons (Fsp3) is 0.448. The smallest absolute Gasteiger partial charge is 0.412 e. The van der Waals surface area contributed by atoms with Crippen molar-refractivity contribution >= 4 is 35.1 Å². The van der Waals surface area contributed by atoms with Gasteiger partial charge in [0, 0.05) is 19.5 Å². The minimum atomic E-state index is -1.30. The number of piperidine rings is 1. The first-order valence-electron chi connectivity index (χ1n) is 13.5. The van der Waals surface area contributed by atoms with Crippen molar-refractivity contribution in [2.75, 3.05) is 30.3 Å². The number of amides is 3. The van der Waals surface area contributed by atoms with E-state index in [2.05, 4.69) is 20.9 Å². The van der Waals surface area contributed by atoms with Crippen LogP contribution in [0.2, 0.25) is 0 Å². The number of ether oxygens (including phenoxy) is 1. The number of rotatable bonds is 9. The number of ketones is 1. The van der Waals surface area contributed by atoms with Crippen LogP contribution in [-0.2, 0) is 20.9 Å². The lowest BCUT2D eigenvalue weighted by molar-refractivity contribution is -0.121. The highest BCUT2D eigenvalue weighted by molar-refractivity contribution is 6.04. The number of nitrogens with one attached hydrogen (secondary N) is 3. The molecule has 0 saturated carbocycles. The first-order chi connectivity index (χ1) is 19.6. The third-order valence-electron chi connectivity index (χ3n) is 6.65. The van der Waals surface area contributed by atoms with Crippen LogP contribution in [0, 0.1) is 17.6 Å². The summed E-state index contributed by atoms with van der Waals surface area (Å²) in [6, 6.07) is 5.44. The lowest BCUT2D eigenvalue weighted by Gasteiger charge is -2.34. The van der Waals surface area contributed by atoms with Crippen molar-refractivity contribution in [3.05, 3.63) is 53.1 Å². The molecule has 0 spiro atoms. The van der Waals surface area contributed by atoms with Gasteiger partial charge in [0.05, 0.1) is 29.5 Å². The largest absolute Gasteiger partial charge is 0.506 e. The molecule has 42 heavy (non-hydrogen) atoms. The number of anilines is 2. The minimum absolute atomic E-state index is 0.0238. The van der Waals surface area contributed by atoms with Crippen LogP contribution in [0.25, 0.3) is 0 Å². The van der Waals surface area contributed by atoms with Crippen molar-refractivity contribution in [1.29, 1.82) is 0 Å². The minimum Gasteiger partial charge on any atom is -0.506 e. The molecule has 1 atom stereocenters. The van der Waals surface area contributed by atoms with Crippen LogP contribution in [0.1, 0.15) is 56.5 Å². The molecule has 1 saturated heterocycles. The first-order valence-corrected chi connectivity index (χ1v) is 13.5. The van der Waals surface area contributed by atoms with Crippen molar-refractivity contribution < 1.29 is 37.8 Å². The third-order valence-corrected chi connectivity index (χ3v) is 6.65. The summed E-state index contributed by atoms with van der Waals surface area (Å²) in [6.45, 7) is 7.65. The Labute approximate surface area is 242 Å². The zero-order valence-electron chi connectivity index (χ0n) is 24.1. The van der Waals surface area contributed by atoms with Crippen LogP contribution in [0.5, 0.6) is 5.75 Å². The molecule has 3 amide bonds. The highest BCUT2D eigenvalue weighted by atomic mass is 19.2. The molecule has 11 nitrogen and oxygen atoms in total. The quantitative estimate of drug-likeness (QED) is 0.278. The van der Waals surface area contributed by atoms with E-state index in [1.807, 2.05) is 0 Å². The summed E-state index contributed by atoms with van der Waals surface area (Å²) >= 11 is 0. The SMILES string of the molecule is CC(=O)Nc1cc(CN2CCC(C(N)C(=O)CNC(=O)c3cc(F)c(F)cc3NC(=O)OC(C)(C)C)CC2)ccc1O. The van der Waals surface area contributed by atoms with Gasteiger partial charge in [-0.1, -0.05) is 6.07 Å². The van der Waals surface area contributed by atoms with Crippen LogP contribution in [0.3, 0.4) is 0 Å². The second-order valence-corrected chi connectivity index (χ2v) is 11.3. The Morgan fingerprint density at radius 2 is 1.69 bits per heavy atom. The fourth-order valence-corrected chi connectivity index (χ4v) is 4.59. The maximum absolute atomic E-state index is 13.9. The number of carbonyl (C=O) groups is 4. The van der Waals surface area contributed by atoms with Crippen molar-refractivity contribution in [3.63, 3.8) is 0 Å². The lowest BCUT2D eigenvalue weighted by atomic mass is 9.87. The highest BCUT2D eigenvalue weighted by Gasteiger charge is 2.29. The Bertz CT molecular complexity index is 1340. The van der Waals surface area contributed by atoms with Crippen LogP contribution < -0.4 is 21.7 Å². The average Bonchev–Trinajstić information content (AvgIpc) is 2.89. The Morgan fingerprint density at radius 1 is 1.05 bits per heavy atom. The number of phenolic OH excluding ortho intramolecular Hbond substituents is 1. The summed E-state index contributed by atoms with van der Waals surface area (Å²) in [7, 11) is 0. The van der Waals surface area contributed by atoms with Crippen molar-refractivity contribution in [1.82, 2.24) is 10.2 Å². The topological polar surface area (TPSA) is 163 Å². The summed E-state index contributed by atoms with van der Waals surface area (Å²) in [5.41, 5.74) is 5.89. The number of likely N-dealkylation sites (tertiary alicyclic amines) is 1. The van der Waals surface area contributed by atoms with Crippen molar-refractivity contribution in [3.8, 4) is 5.75 Å². The van der Waals surface area contributed by atoms with Gasteiger partial charge >= 0.3 is 6.09 Å². The molecule has 1 fully saturated rings. The molecule has 228 valence electrons. The number of hydrogen-bond acceptors (Lipinski definition) is 8. The second-order valence-electron chi connectivity index (χ2n) is 11.3. The predicted octanol–water partition coefficient (Wildman–Crippen LogP) is 3.51. The molecule has 0 aromatic heterocycles. The number of hydrogen-bond donors (Lipinski definition) is 5. The third kappa shape index (κ3) is 9.21. The van der Waals surface area contributed by atoms with Gasteiger partial charge in [-0.3, -0.25) is 24.6 Å². The van der Waals surface area contributed by atoms with Gasteiger partial charge in [-0.05, 0) is 76.4 Å². The lowest BCUT2D eigenvalue weighted by Crippen LogP contribution is -2.47. The van der Waals surface area contributed by atoms with Gasteiger partial charge in [-0.15, -0.1) is 0 Å². The number of nitrogens with zero attached hydrogens (tertiary/aromatic N) is 1. The normalized spacial score (nSPS) is 15.0. The molecule has 2 aromatic carbocycles. The summed E-state index contributed by atoms with van der Waals surface area (Å²) in [4.78, 5) is 51.3. The van der Waals surface area contributed by atoms with E-state index in [-0.39, 0.29) is 28.8 Å². The maximum Gasteiger partial charge on any atom is 0.412 e. The zero-order valence-corrected chi connectivity index (χ0v) is 24.1. The summed E-state index contributed by atoms with van der Waals surface area (Å²) in [5.74, 6) is -4.35.